The number of rotatable bonds is 5. The van der Waals surface area contributed by atoms with Crippen molar-refractivity contribution in [3.8, 4) is 0 Å². The number of carbonyl (C=O) groups excluding carboxylic acids is 3. The Hall–Kier alpha value is -4.79. The molecule has 1 aliphatic rings. The first kappa shape index (κ1) is 21.4. The fraction of sp³-hybridized carbons (Fsp3) is 0.0417. The third-order valence-corrected chi connectivity index (χ3v) is 5.19. The van der Waals surface area contributed by atoms with Crippen LogP contribution in [0.3, 0.4) is 0 Å². The van der Waals surface area contributed by atoms with Crippen LogP contribution in [0.25, 0.3) is 0 Å². The van der Waals surface area contributed by atoms with Crippen molar-refractivity contribution in [3.05, 3.63) is 94.0 Å². The van der Waals surface area contributed by atoms with Gasteiger partial charge in [-0.2, -0.15) is 0 Å². The minimum absolute atomic E-state index is 0.0276. The number of hydrogen-bond acceptors (Lipinski definition) is 5. The third kappa shape index (κ3) is 3.83. The van der Waals surface area contributed by atoms with Crippen LogP contribution in [0.1, 0.15) is 57.4 Å². The molecule has 0 saturated carbocycles. The zero-order valence-corrected chi connectivity index (χ0v) is 17.2. The average Bonchev–Trinajstić information content (AvgIpc) is 3.04. The van der Waals surface area contributed by atoms with Crippen molar-refractivity contribution < 1.29 is 34.2 Å². The highest BCUT2D eigenvalue weighted by Gasteiger charge is 2.37. The van der Waals surface area contributed by atoms with Gasteiger partial charge in [0.05, 0.1) is 27.9 Å². The molecule has 1 heterocycles. The summed E-state index contributed by atoms with van der Waals surface area (Å²) in [5.41, 5.74) is 0.805. The van der Waals surface area contributed by atoms with E-state index in [0.29, 0.717) is 5.56 Å². The second-order valence-corrected chi connectivity index (χ2v) is 7.36. The molecule has 3 amide bonds. The highest BCUT2D eigenvalue weighted by atomic mass is 16.4. The van der Waals surface area contributed by atoms with Crippen molar-refractivity contribution in [1.82, 2.24) is 0 Å². The van der Waals surface area contributed by atoms with Crippen LogP contribution < -0.4 is 10.2 Å². The largest absolute Gasteiger partial charge is 0.478 e. The summed E-state index contributed by atoms with van der Waals surface area (Å²) in [6.07, 6.45) is 0. The van der Waals surface area contributed by atoms with Crippen molar-refractivity contribution in [2.24, 2.45) is 0 Å². The number of nitrogens with zero attached hydrogens (tertiary/aromatic N) is 1. The van der Waals surface area contributed by atoms with E-state index in [9.17, 15) is 34.2 Å². The molecule has 0 unspecified atom stereocenters. The zero-order valence-electron chi connectivity index (χ0n) is 17.2. The Balaban J connectivity index is 1.67. The van der Waals surface area contributed by atoms with E-state index in [0.717, 1.165) is 23.1 Å². The Morgan fingerprint density at radius 1 is 0.758 bits per heavy atom. The summed E-state index contributed by atoms with van der Waals surface area (Å²) in [6.45, 7) is 1.69. The molecular weight excluding hydrogens is 428 g/mol. The number of anilines is 2. The maximum absolute atomic E-state index is 12.8. The molecule has 0 atom stereocenters. The number of hydrogen-bond donors (Lipinski definition) is 3. The molecule has 4 rings (SSSR count). The monoisotopic (exact) mass is 444 g/mol. The van der Waals surface area contributed by atoms with E-state index in [4.69, 9.17) is 0 Å². The second-order valence-electron chi connectivity index (χ2n) is 7.36. The Morgan fingerprint density at radius 2 is 1.30 bits per heavy atom. The predicted molar refractivity (Wildman–Crippen MR) is 117 cm³/mol. The molecule has 3 aromatic rings. The molecule has 0 saturated heterocycles. The normalized spacial score (nSPS) is 12.5. The fourth-order valence-corrected chi connectivity index (χ4v) is 3.55. The highest BCUT2D eigenvalue weighted by Crippen LogP contribution is 2.31. The van der Waals surface area contributed by atoms with Gasteiger partial charge in [0.25, 0.3) is 17.7 Å². The summed E-state index contributed by atoms with van der Waals surface area (Å²) in [6, 6.07) is 14.1. The van der Waals surface area contributed by atoms with Crippen molar-refractivity contribution in [2.75, 3.05) is 10.2 Å². The van der Waals surface area contributed by atoms with E-state index in [2.05, 4.69) is 5.32 Å². The van der Waals surface area contributed by atoms with Gasteiger partial charge in [-0.05, 0) is 55.0 Å². The van der Waals surface area contributed by atoms with E-state index in [1.54, 1.807) is 37.3 Å². The number of benzene rings is 3. The zero-order chi connectivity index (χ0) is 23.9. The van der Waals surface area contributed by atoms with Crippen LogP contribution in [0.2, 0.25) is 0 Å². The molecule has 33 heavy (non-hydrogen) atoms. The van der Waals surface area contributed by atoms with E-state index < -0.39 is 29.7 Å². The third-order valence-electron chi connectivity index (χ3n) is 5.19. The van der Waals surface area contributed by atoms with Gasteiger partial charge in [0, 0.05) is 11.3 Å². The Morgan fingerprint density at radius 3 is 1.82 bits per heavy atom. The number of amides is 3. The fourth-order valence-electron chi connectivity index (χ4n) is 3.55. The number of aryl methyl sites for hydroxylation is 1. The van der Waals surface area contributed by atoms with Crippen LogP contribution in [-0.4, -0.2) is 39.9 Å². The van der Waals surface area contributed by atoms with Crippen molar-refractivity contribution >= 4 is 41.0 Å². The molecule has 9 nitrogen and oxygen atoms in total. The summed E-state index contributed by atoms with van der Waals surface area (Å²) in [5.74, 6) is -4.38. The number of carbonyl (C=O) groups is 5. The lowest BCUT2D eigenvalue weighted by molar-refractivity contribution is 0.0696. The topological polar surface area (TPSA) is 141 Å². The van der Waals surface area contributed by atoms with Crippen LogP contribution >= 0.6 is 0 Å². The van der Waals surface area contributed by atoms with E-state index in [-0.39, 0.29) is 39.2 Å². The second kappa shape index (κ2) is 8.04. The van der Waals surface area contributed by atoms with Gasteiger partial charge in [-0.25, -0.2) is 14.5 Å². The molecule has 0 aromatic heterocycles. The van der Waals surface area contributed by atoms with E-state index in [1.807, 2.05) is 0 Å². The highest BCUT2D eigenvalue weighted by molar-refractivity contribution is 6.34. The number of nitrogens with one attached hydrogen (secondary N) is 1. The number of aromatic carboxylic acids is 2. The van der Waals surface area contributed by atoms with Gasteiger partial charge in [-0.15, -0.1) is 0 Å². The quantitative estimate of drug-likeness (QED) is 0.512. The molecule has 3 N–H and O–H groups in total. The minimum Gasteiger partial charge on any atom is -0.478 e. The first-order chi connectivity index (χ1) is 15.7. The van der Waals surface area contributed by atoms with Crippen LogP contribution in [0.5, 0.6) is 0 Å². The molecule has 9 heteroatoms. The first-order valence-electron chi connectivity index (χ1n) is 9.69. The van der Waals surface area contributed by atoms with Crippen molar-refractivity contribution in [1.29, 1.82) is 0 Å². The lowest BCUT2D eigenvalue weighted by Gasteiger charge is -2.18. The molecule has 0 spiro atoms. The molecule has 0 aliphatic carbocycles. The lowest BCUT2D eigenvalue weighted by Crippen LogP contribution is -2.30. The van der Waals surface area contributed by atoms with E-state index >= 15 is 0 Å². The molecule has 1 aliphatic heterocycles. The van der Waals surface area contributed by atoms with Crippen LogP contribution in [0.15, 0.2) is 60.7 Å². The molecule has 0 radical (unpaired) electrons. The minimum atomic E-state index is -1.35. The number of imide groups is 1. The van der Waals surface area contributed by atoms with Crippen LogP contribution in [-0.2, 0) is 0 Å². The van der Waals surface area contributed by atoms with Crippen LogP contribution in [0, 0.1) is 6.92 Å². The van der Waals surface area contributed by atoms with Gasteiger partial charge in [-0.1, -0.05) is 18.2 Å². The van der Waals surface area contributed by atoms with Gasteiger partial charge in [0.15, 0.2) is 0 Å². The van der Waals surface area contributed by atoms with Crippen molar-refractivity contribution in [3.63, 3.8) is 0 Å². The predicted octanol–water partition coefficient (Wildman–Crippen LogP) is 3.44. The lowest BCUT2D eigenvalue weighted by atomic mass is 10.1. The summed E-state index contributed by atoms with van der Waals surface area (Å²) in [5, 5.41) is 20.9. The molecule has 0 bridgehead atoms. The molecule has 164 valence electrons. The molecule has 3 aromatic carbocycles. The maximum Gasteiger partial charge on any atom is 0.335 e. The first-order valence-corrected chi connectivity index (χ1v) is 9.69. The smallest absolute Gasteiger partial charge is 0.335 e. The SMILES string of the molecule is Cc1ccc(C(=O)Nc2cc(C(=O)O)cc(C(=O)O)c2)cc1N1C(=O)c2ccccc2C1=O. The van der Waals surface area contributed by atoms with Gasteiger partial charge >= 0.3 is 11.9 Å². The number of carboxylic acid groups (broad SMARTS) is 2. The number of fused-ring (bicyclic) bond motifs is 1. The average molecular weight is 444 g/mol. The Kier molecular flexibility index (Phi) is 5.23. The molecule has 0 fully saturated rings. The Bertz CT molecular complexity index is 1310. The van der Waals surface area contributed by atoms with Crippen molar-refractivity contribution in [2.45, 2.75) is 6.92 Å². The van der Waals surface area contributed by atoms with Gasteiger partial charge in [0.1, 0.15) is 0 Å². The summed E-state index contributed by atoms with van der Waals surface area (Å²) in [4.78, 5) is 62.1. The maximum atomic E-state index is 12.8. The van der Waals surface area contributed by atoms with Gasteiger partial charge in [-0.3, -0.25) is 14.4 Å². The van der Waals surface area contributed by atoms with Crippen LogP contribution in [0.4, 0.5) is 11.4 Å². The summed E-state index contributed by atoms with van der Waals surface area (Å²) < 4.78 is 0. The molecular formula is C24H16N2O7. The standard InChI is InChI=1S/C24H16N2O7/c1-12-6-7-13(11-19(12)26-21(28)17-4-2-3-5-18(17)22(26)29)20(27)25-16-9-14(23(30)31)8-15(10-16)24(32)33/h2-11H,1H3,(H,25,27)(H,30,31)(H,32,33). The van der Waals surface area contributed by atoms with Gasteiger partial charge in [0.2, 0.25) is 0 Å². The Labute approximate surface area is 186 Å². The van der Waals surface area contributed by atoms with E-state index in [1.165, 1.54) is 12.1 Å². The number of carboxylic acids is 2. The summed E-state index contributed by atoms with van der Waals surface area (Å²) in [7, 11) is 0. The van der Waals surface area contributed by atoms with Gasteiger partial charge < -0.3 is 15.5 Å². The summed E-state index contributed by atoms with van der Waals surface area (Å²) >= 11 is 0.